The van der Waals surface area contributed by atoms with Gasteiger partial charge >= 0.3 is 12.1 Å². The van der Waals surface area contributed by atoms with Gasteiger partial charge in [-0.3, -0.25) is 4.79 Å². The normalized spacial score (nSPS) is 12.9. The Kier molecular flexibility index (Phi) is 5.15. The van der Waals surface area contributed by atoms with Crippen LogP contribution in [-0.4, -0.2) is 35.1 Å². The standard InChI is InChI=1S/C10H11BrF3N3O3/c1-5(9(19)20-2)16-6-3-15-17(4-10(12,13)14)8(18)7(6)11/h3,5,16H,4H2,1-2H3. The van der Waals surface area contributed by atoms with Crippen LogP contribution in [0, 0.1) is 0 Å². The summed E-state index contributed by atoms with van der Waals surface area (Å²) in [5.74, 6) is -0.587. The molecule has 112 valence electrons. The second kappa shape index (κ2) is 6.25. The molecule has 0 aliphatic carbocycles. The van der Waals surface area contributed by atoms with E-state index in [1.807, 2.05) is 0 Å². The van der Waals surface area contributed by atoms with Gasteiger partial charge in [-0.05, 0) is 22.9 Å². The van der Waals surface area contributed by atoms with Crippen LogP contribution in [0.25, 0.3) is 0 Å². The molecule has 1 rings (SSSR count). The molecular formula is C10H11BrF3N3O3. The van der Waals surface area contributed by atoms with E-state index in [-0.39, 0.29) is 14.8 Å². The van der Waals surface area contributed by atoms with Crippen LogP contribution < -0.4 is 10.9 Å². The van der Waals surface area contributed by atoms with Gasteiger partial charge in [0.05, 0.1) is 19.0 Å². The van der Waals surface area contributed by atoms with E-state index in [0.717, 1.165) is 6.20 Å². The molecule has 0 bridgehead atoms. The summed E-state index contributed by atoms with van der Waals surface area (Å²) >= 11 is 2.88. The molecule has 1 atom stereocenters. The highest BCUT2D eigenvalue weighted by Crippen LogP contribution is 2.20. The van der Waals surface area contributed by atoms with Crippen molar-refractivity contribution in [3.8, 4) is 0 Å². The highest BCUT2D eigenvalue weighted by Gasteiger charge is 2.29. The number of anilines is 1. The quantitative estimate of drug-likeness (QED) is 0.827. The maximum absolute atomic E-state index is 12.2. The van der Waals surface area contributed by atoms with Gasteiger partial charge in [-0.2, -0.15) is 18.3 Å². The van der Waals surface area contributed by atoms with Gasteiger partial charge in [0, 0.05) is 0 Å². The smallest absolute Gasteiger partial charge is 0.408 e. The Balaban J connectivity index is 3.01. The van der Waals surface area contributed by atoms with E-state index >= 15 is 0 Å². The number of hydrogen-bond donors (Lipinski definition) is 1. The summed E-state index contributed by atoms with van der Waals surface area (Å²) in [7, 11) is 1.19. The van der Waals surface area contributed by atoms with Crippen LogP contribution >= 0.6 is 15.9 Å². The maximum atomic E-state index is 12.2. The number of esters is 1. The van der Waals surface area contributed by atoms with Crippen LogP contribution in [0.4, 0.5) is 18.9 Å². The van der Waals surface area contributed by atoms with Gasteiger partial charge in [-0.15, -0.1) is 0 Å². The number of carbonyl (C=O) groups is 1. The third-order valence-electron chi connectivity index (χ3n) is 2.24. The summed E-state index contributed by atoms with van der Waals surface area (Å²) in [5.41, 5.74) is -0.851. The Labute approximate surface area is 120 Å². The molecule has 0 amide bonds. The predicted molar refractivity (Wildman–Crippen MR) is 67.4 cm³/mol. The van der Waals surface area contributed by atoms with Crippen molar-refractivity contribution in [2.75, 3.05) is 12.4 Å². The molecule has 0 aliphatic heterocycles. The van der Waals surface area contributed by atoms with E-state index in [4.69, 9.17) is 0 Å². The summed E-state index contributed by atoms with van der Waals surface area (Å²) in [4.78, 5) is 22.9. The van der Waals surface area contributed by atoms with E-state index in [1.165, 1.54) is 14.0 Å². The molecule has 0 radical (unpaired) electrons. The van der Waals surface area contributed by atoms with Crippen LogP contribution in [0.5, 0.6) is 0 Å². The molecule has 0 saturated carbocycles. The number of aromatic nitrogens is 2. The van der Waals surface area contributed by atoms with Crippen LogP contribution in [-0.2, 0) is 16.1 Å². The Morgan fingerprint density at radius 1 is 1.60 bits per heavy atom. The van der Waals surface area contributed by atoms with Crippen molar-refractivity contribution in [2.24, 2.45) is 0 Å². The molecule has 0 fully saturated rings. The predicted octanol–water partition coefficient (Wildman–Crippen LogP) is 1.54. The molecule has 1 unspecified atom stereocenters. The number of methoxy groups -OCH3 is 1. The fourth-order valence-electron chi connectivity index (χ4n) is 1.32. The Bertz CT molecular complexity index is 559. The number of nitrogens with one attached hydrogen (secondary N) is 1. The van der Waals surface area contributed by atoms with Gasteiger partial charge in [0.15, 0.2) is 0 Å². The number of ether oxygens (including phenoxy) is 1. The molecular weight excluding hydrogens is 347 g/mol. The minimum atomic E-state index is -4.55. The van der Waals surface area contributed by atoms with Crippen molar-refractivity contribution in [3.05, 3.63) is 21.0 Å². The molecule has 1 heterocycles. The van der Waals surface area contributed by atoms with Crippen molar-refractivity contribution < 1.29 is 22.7 Å². The fraction of sp³-hybridized carbons (Fsp3) is 0.500. The maximum Gasteiger partial charge on any atom is 0.408 e. The van der Waals surface area contributed by atoms with Crippen molar-refractivity contribution in [1.82, 2.24) is 9.78 Å². The van der Waals surface area contributed by atoms with Gasteiger partial charge < -0.3 is 10.1 Å². The molecule has 1 N–H and O–H groups in total. The van der Waals surface area contributed by atoms with E-state index < -0.39 is 30.3 Å². The molecule has 0 aliphatic rings. The first kappa shape index (κ1) is 16.5. The summed E-state index contributed by atoms with van der Waals surface area (Å²) in [6, 6.07) is -0.782. The number of rotatable bonds is 4. The Morgan fingerprint density at radius 3 is 2.70 bits per heavy atom. The van der Waals surface area contributed by atoms with Crippen molar-refractivity contribution in [1.29, 1.82) is 0 Å². The lowest BCUT2D eigenvalue weighted by atomic mass is 10.3. The highest BCUT2D eigenvalue weighted by atomic mass is 79.9. The van der Waals surface area contributed by atoms with Gasteiger partial charge in [0.1, 0.15) is 17.1 Å². The third kappa shape index (κ3) is 4.22. The first-order valence-electron chi connectivity index (χ1n) is 5.32. The van der Waals surface area contributed by atoms with E-state index in [1.54, 1.807) is 0 Å². The monoisotopic (exact) mass is 357 g/mol. The highest BCUT2D eigenvalue weighted by molar-refractivity contribution is 9.10. The van der Waals surface area contributed by atoms with E-state index in [0.29, 0.717) is 0 Å². The minimum Gasteiger partial charge on any atom is -0.467 e. The zero-order valence-corrected chi connectivity index (χ0v) is 12.1. The zero-order chi connectivity index (χ0) is 15.5. The number of halogens is 4. The SMILES string of the molecule is COC(=O)C(C)Nc1cnn(CC(F)(F)F)c(=O)c1Br. The van der Waals surface area contributed by atoms with Crippen LogP contribution in [0.15, 0.2) is 15.5 Å². The average Bonchev–Trinajstić information content (AvgIpc) is 2.35. The summed E-state index contributed by atoms with van der Waals surface area (Å²) in [5, 5.41) is 6.02. The average molecular weight is 358 g/mol. The van der Waals surface area contributed by atoms with Crippen LogP contribution in [0.2, 0.25) is 0 Å². The molecule has 1 aromatic heterocycles. The summed E-state index contributed by atoms with van der Waals surface area (Å²) in [6.07, 6.45) is -3.53. The molecule has 0 aromatic carbocycles. The van der Waals surface area contributed by atoms with E-state index in [2.05, 4.69) is 31.1 Å². The van der Waals surface area contributed by atoms with Crippen LogP contribution in [0.1, 0.15) is 6.92 Å². The molecule has 6 nitrogen and oxygen atoms in total. The molecule has 1 aromatic rings. The van der Waals surface area contributed by atoms with Crippen LogP contribution in [0.3, 0.4) is 0 Å². The molecule has 0 spiro atoms. The molecule has 0 saturated heterocycles. The Hall–Kier alpha value is -1.58. The first-order chi connectivity index (χ1) is 9.15. The zero-order valence-electron chi connectivity index (χ0n) is 10.5. The number of nitrogens with zero attached hydrogens (tertiary/aromatic N) is 2. The lowest BCUT2D eigenvalue weighted by Gasteiger charge is -2.15. The minimum absolute atomic E-state index is 0.103. The lowest BCUT2D eigenvalue weighted by molar-refractivity contribution is -0.143. The van der Waals surface area contributed by atoms with E-state index in [9.17, 15) is 22.8 Å². The van der Waals surface area contributed by atoms with Gasteiger partial charge in [-0.25, -0.2) is 9.48 Å². The second-order valence-electron chi connectivity index (χ2n) is 3.84. The van der Waals surface area contributed by atoms with Crippen molar-refractivity contribution >= 4 is 27.6 Å². The lowest BCUT2D eigenvalue weighted by Crippen LogP contribution is -2.33. The molecule has 20 heavy (non-hydrogen) atoms. The van der Waals surface area contributed by atoms with Gasteiger partial charge in [0.2, 0.25) is 0 Å². The first-order valence-corrected chi connectivity index (χ1v) is 6.11. The number of alkyl halides is 3. The second-order valence-corrected chi connectivity index (χ2v) is 4.63. The summed E-state index contributed by atoms with van der Waals surface area (Å²) in [6.45, 7) is -0.0171. The van der Waals surface area contributed by atoms with Gasteiger partial charge in [0.25, 0.3) is 5.56 Å². The largest absolute Gasteiger partial charge is 0.467 e. The topological polar surface area (TPSA) is 73.2 Å². The third-order valence-corrected chi connectivity index (χ3v) is 3.01. The number of carbonyl (C=O) groups excluding carboxylic acids is 1. The van der Waals surface area contributed by atoms with Gasteiger partial charge in [-0.1, -0.05) is 0 Å². The fourth-order valence-corrected chi connectivity index (χ4v) is 1.74. The number of hydrogen-bond acceptors (Lipinski definition) is 5. The molecule has 10 heteroatoms. The summed E-state index contributed by atoms with van der Waals surface area (Å²) < 4.78 is 41.3. The van der Waals surface area contributed by atoms with Crippen molar-refractivity contribution in [2.45, 2.75) is 25.7 Å². The Morgan fingerprint density at radius 2 is 2.20 bits per heavy atom. The van der Waals surface area contributed by atoms with Crippen molar-refractivity contribution in [3.63, 3.8) is 0 Å².